The van der Waals surface area contributed by atoms with Crippen molar-refractivity contribution in [3.63, 3.8) is 0 Å². The maximum absolute atomic E-state index is 6.19. The Morgan fingerprint density at radius 3 is 2.68 bits per heavy atom. The Hall–Kier alpha value is -0.503. The maximum atomic E-state index is 6.19. The van der Waals surface area contributed by atoms with Crippen molar-refractivity contribution in [1.29, 1.82) is 0 Å². The second kappa shape index (κ2) is 6.78. The van der Waals surface area contributed by atoms with E-state index in [1.54, 1.807) is 5.57 Å². The minimum absolute atomic E-state index is 0.767. The van der Waals surface area contributed by atoms with Crippen LogP contribution in [0, 0.1) is 5.92 Å². The maximum Gasteiger partial charge on any atom is 0.241 e. The molecule has 0 aromatic heterocycles. The molecule has 2 aliphatic rings. The van der Waals surface area contributed by atoms with Gasteiger partial charge in [0.25, 0.3) is 0 Å². The van der Waals surface area contributed by atoms with Crippen molar-refractivity contribution < 1.29 is 4.43 Å². The van der Waals surface area contributed by atoms with Gasteiger partial charge in [-0.3, -0.25) is 0 Å². The van der Waals surface area contributed by atoms with Gasteiger partial charge in [-0.2, -0.15) is 0 Å². The van der Waals surface area contributed by atoms with Crippen LogP contribution < -0.4 is 0 Å². The predicted octanol–water partition coefficient (Wildman–Crippen LogP) is 5.80. The number of hydrogen-bond donors (Lipinski definition) is 0. The molecule has 1 unspecified atom stereocenters. The van der Waals surface area contributed by atoms with Crippen LogP contribution in [0.4, 0.5) is 0 Å². The fourth-order valence-electron chi connectivity index (χ4n) is 3.18. The third-order valence-corrected chi connectivity index (χ3v) is 4.95. The van der Waals surface area contributed by atoms with E-state index in [-0.39, 0.29) is 0 Å². The molecule has 0 aliphatic heterocycles. The first-order valence-corrected chi connectivity index (χ1v) is 11.5. The molecule has 2 aliphatic carbocycles. The van der Waals surface area contributed by atoms with Crippen molar-refractivity contribution in [2.45, 2.75) is 77.4 Å². The molecule has 0 N–H and O–H groups in total. The average molecular weight is 279 g/mol. The van der Waals surface area contributed by atoms with Crippen LogP contribution in [0.3, 0.4) is 0 Å². The van der Waals surface area contributed by atoms with Crippen LogP contribution in [0.25, 0.3) is 0 Å². The highest BCUT2D eigenvalue weighted by Crippen LogP contribution is 2.31. The molecule has 0 amide bonds. The van der Waals surface area contributed by atoms with E-state index in [4.69, 9.17) is 4.43 Å². The summed E-state index contributed by atoms with van der Waals surface area (Å²) < 4.78 is 6.19. The molecule has 2 rings (SSSR count). The molecule has 0 heterocycles. The molecular formula is C17H30OSi. The van der Waals surface area contributed by atoms with E-state index >= 15 is 0 Å². The minimum Gasteiger partial charge on any atom is -0.548 e. The average Bonchev–Trinajstić information content (AvgIpc) is 2.36. The van der Waals surface area contributed by atoms with Gasteiger partial charge < -0.3 is 4.43 Å². The summed E-state index contributed by atoms with van der Waals surface area (Å²) in [5.41, 5.74) is 1.72. The lowest BCUT2D eigenvalue weighted by atomic mass is 9.87. The third kappa shape index (κ3) is 5.56. The summed E-state index contributed by atoms with van der Waals surface area (Å²) in [6.45, 7) is 6.85. The second-order valence-corrected chi connectivity index (χ2v) is 11.6. The molecule has 0 aromatic carbocycles. The Labute approximate surface area is 120 Å². The van der Waals surface area contributed by atoms with Crippen molar-refractivity contribution >= 4 is 8.32 Å². The predicted molar refractivity (Wildman–Crippen MR) is 85.6 cm³/mol. The van der Waals surface area contributed by atoms with Crippen molar-refractivity contribution in [3.8, 4) is 0 Å². The van der Waals surface area contributed by atoms with E-state index in [1.165, 1.54) is 63.5 Å². The van der Waals surface area contributed by atoms with Gasteiger partial charge in [0.05, 0.1) is 5.76 Å². The van der Waals surface area contributed by atoms with Crippen LogP contribution in [0.15, 0.2) is 23.5 Å². The number of hydrogen-bond acceptors (Lipinski definition) is 1. The summed E-state index contributed by atoms with van der Waals surface area (Å²) in [5, 5.41) is 0. The van der Waals surface area contributed by atoms with Crippen molar-refractivity contribution in [2.75, 3.05) is 0 Å². The lowest BCUT2D eigenvalue weighted by Gasteiger charge is -2.27. The summed E-state index contributed by atoms with van der Waals surface area (Å²) >= 11 is 0. The van der Waals surface area contributed by atoms with Gasteiger partial charge in [0.2, 0.25) is 8.32 Å². The third-order valence-electron chi connectivity index (χ3n) is 4.08. The summed E-state index contributed by atoms with van der Waals surface area (Å²) in [7, 11) is -1.41. The van der Waals surface area contributed by atoms with Gasteiger partial charge in [0.15, 0.2) is 0 Å². The summed E-state index contributed by atoms with van der Waals surface area (Å²) in [6, 6.07) is 0. The molecule has 0 saturated heterocycles. The Bertz CT molecular complexity index is 349. The van der Waals surface area contributed by atoms with Crippen LogP contribution in [-0.2, 0) is 4.43 Å². The lowest BCUT2D eigenvalue weighted by Crippen LogP contribution is -2.26. The molecule has 1 atom stereocenters. The topological polar surface area (TPSA) is 9.23 Å². The van der Waals surface area contributed by atoms with E-state index in [1.807, 2.05) is 0 Å². The fourth-order valence-corrected chi connectivity index (χ4v) is 4.13. The first-order valence-electron chi connectivity index (χ1n) is 8.10. The Morgan fingerprint density at radius 1 is 1.16 bits per heavy atom. The summed E-state index contributed by atoms with van der Waals surface area (Å²) in [4.78, 5) is 0. The van der Waals surface area contributed by atoms with E-state index in [9.17, 15) is 0 Å². The van der Waals surface area contributed by atoms with Crippen LogP contribution in [-0.4, -0.2) is 8.32 Å². The molecular weight excluding hydrogens is 248 g/mol. The highest BCUT2D eigenvalue weighted by atomic mass is 28.4. The van der Waals surface area contributed by atoms with Crippen LogP contribution in [0.2, 0.25) is 19.6 Å². The van der Waals surface area contributed by atoms with Crippen LogP contribution in [0.5, 0.6) is 0 Å². The summed E-state index contributed by atoms with van der Waals surface area (Å²) in [5.74, 6) is 2.07. The molecule has 108 valence electrons. The minimum atomic E-state index is -1.41. The van der Waals surface area contributed by atoms with E-state index in [2.05, 4.69) is 31.8 Å². The van der Waals surface area contributed by atoms with Crippen molar-refractivity contribution in [2.24, 2.45) is 5.92 Å². The normalized spacial score (nSPS) is 24.7. The molecule has 0 saturated carbocycles. The van der Waals surface area contributed by atoms with Gasteiger partial charge in [-0.25, -0.2) is 0 Å². The Morgan fingerprint density at radius 2 is 2.00 bits per heavy atom. The van der Waals surface area contributed by atoms with Crippen LogP contribution in [0.1, 0.15) is 57.8 Å². The molecule has 0 fully saturated rings. The summed E-state index contributed by atoms with van der Waals surface area (Å²) in [6.07, 6.45) is 17.0. The standard InChI is InChI=1S/C17H30OSi/c1-19(2,3)18-17-11-7-10-16(14-17)13-12-15-8-5-4-6-9-15/h8,14,16H,4-7,9-13H2,1-3H3. The molecule has 0 radical (unpaired) electrons. The van der Waals surface area contributed by atoms with E-state index < -0.39 is 8.32 Å². The highest BCUT2D eigenvalue weighted by molar-refractivity contribution is 6.70. The first-order chi connectivity index (χ1) is 9.03. The molecule has 2 heteroatoms. The molecule has 0 bridgehead atoms. The molecule has 0 spiro atoms. The van der Waals surface area contributed by atoms with Crippen LogP contribution >= 0.6 is 0 Å². The fraction of sp³-hybridized carbons (Fsp3) is 0.765. The van der Waals surface area contributed by atoms with Crippen molar-refractivity contribution in [1.82, 2.24) is 0 Å². The number of allylic oxidation sites excluding steroid dienone is 4. The SMILES string of the molecule is C[Si](C)(C)OC1=CC(CCC2=CCCCC2)CCC1. The molecule has 1 nitrogen and oxygen atoms in total. The monoisotopic (exact) mass is 278 g/mol. The van der Waals surface area contributed by atoms with E-state index in [0.717, 1.165) is 5.92 Å². The smallest absolute Gasteiger partial charge is 0.241 e. The second-order valence-electron chi connectivity index (χ2n) is 7.15. The van der Waals surface area contributed by atoms with Gasteiger partial charge in [-0.15, -0.1) is 0 Å². The first kappa shape index (κ1) is 14.9. The van der Waals surface area contributed by atoms with Gasteiger partial charge in [-0.05, 0) is 83.0 Å². The van der Waals surface area contributed by atoms with Gasteiger partial charge >= 0.3 is 0 Å². The van der Waals surface area contributed by atoms with E-state index in [0.29, 0.717) is 0 Å². The Kier molecular flexibility index (Phi) is 5.32. The largest absolute Gasteiger partial charge is 0.548 e. The number of rotatable bonds is 5. The zero-order chi connectivity index (χ0) is 13.7. The van der Waals surface area contributed by atoms with Gasteiger partial charge in [-0.1, -0.05) is 11.6 Å². The quantitative estimate of drug-likeness (QED) is 0.456. The van der Waals surface area contributed by atoms with Gasteiger partial charge in [0.1, 0.15) is 0 Å². The van der Waals surface area contributed by atoms with Gasteiger partial charge in [0, 0.05) is 6.42 Å². The van der Waals surface area contributed by atoms with Crippen molar-refractivity contribution in [3.05, 3.63) is 23.5 Å². The molecule has 19 heavy (non-hydrogen) atoms. The zero-order valence-electron chi connectivity index (χ0n) is 13.0. The highest BCUT2D eigenvalue weighted by Gasteiger charge is 2.21. The molecule has 0 aromatic rings. The zero-order valence-corrected chi connectivity index (χ0v) is 14.0. The lowest BCUT2D eigenvalue weighted by molar-refractivity contribution is 0.352. The Balaban J connectivity index is 1.82.